The van der Waals surface area contributed by atoms with Crippen LogP contribution in [-0.2, 0) is 0 Å². The first kappa shape index (κ1) is 14.1. The molecule has 1 aromatic heterocycles. The van der Waals surface area contributed by atoms with E-state index in [2.05, 4.69) is 30.7 Å². The third kappa shape index (κ3) is 3.57. The van der Waals surface area contributed by atoms with Gasteiger partial charge in [0, 0.05) is 32.4 Å². The maximum Gasteiger partial charge on any atom is 0.143 e. The van der Waals surface area contributed by atoms with E-state index >= 15 is 0 Å². The third-order valence-electron chi connectivity index (χ3n) is 3.14. The Hall–Kier alpha value is -0.360. The fourth-order valence-electron chi connectivity index (χ4n) is 2.14. The van der Waals surface area contributed by atoms with Gasteiger partial charge in [-0.2, -0.15) is 0 Å². The Morgan fingerprint density at radius 1 is 1.33 bits per heavy atom. The number of anilines is 1. The molecule has 0 amide bonds. The minimum atomic E-state index is 0.659. The molecule has 4 nitrogen and oxygen atoms in total. The quantitative estimate of drug-likeness (QED) is 0.915. The molecule has 100 valence electrons. The number of piperazine rings is 1. The monoisotopic (exact) mass is 332 g/mol. The molecule has 1 fully saturated rings. The van der Waals surface area contributed by atoms with Crippen LogP contribution in [0.3, 0.4) is 0 Å². The lowest BCUT2D eigenvalue weighted by Crippen LogP contribution is -2.47. The van der Waals surface area contributed by atoms with Gasteiger partial charge in [0.25, 0.3) is 0 Å². The summed E-state index contributed by atoms with van der Waals surface area (Å²) in [5.41, 5.74) is 5.53. The van der Waals surface area contributed by atoms with Crippen molar-refractivity contribution in [3.63, 3.8) is 0 Å². The van der Waals surface area contributed by atoms with Crippen molar-refractivity contribution in [3.05, 3.63) is 21.8 Å². The molecule has 0 bridgehead atoms. The highest BCUT2D eigenvalue weighted by Gasteiger charge is 2.19. The van der Waals surface area contributed by atoms with Crippen LogP contribution in [-0.4, -0.2) is 49.2 Å². The topological polar surface area (TPSA) is 45.4 Å². The van der Waals surface area contributed by atoms with Crippen LogP contribution in [0, 0.1) is 0 Å². The van der Waals surface area contributed by atoms with Gasteiger partial charge in [-0.15, -0.1) is 0 Å². The summed E-state index contributed by atoms with van der Waals surface area (Å²) in [5.74, 6) is 0.984. The van der Waals surface area contributed by atoms with Crippen molar-refractivity contribution in [1.29, 1.82) is 0 Å². The molecule has 0 aliphatic carbocycles. The van der Waals surface area contributed by atoms with Crippen LogP contribution in [0.1, 0.15) is 6.42 Å². The molecule has 0 unspecified atom stereocenters. The number of aromatic nitrogens is 1. The van der Waals surface area contributed by atoms with E-state index in [1.54, 1.807) is 6.20 Å². The van der Waals surface area contributed by atoms with E-state index in [9.17, 15) is 0 Å². The average Bonchev–Trinajstić information content (AvgIpc) is 2.37. The van der Waals surface area contributed by atoms with Crippen molar-refractivity contribution in [2.24, 2.45) is 5.73 Å². The normalized spacial score (nSPS) is 17.2. The maximum atomic E-state index is 5.91. The minimum Gasteiger partial charge on any atom is -0.353 e. The lowest BCUT2D eigenvalue weighted by Gasteiger charge is -2.35. The number of halogens is 2. The summed E-state index contributed by atoms with van der Waals surface area (Å²) in [6, 6.07) is 1.89. The van der Waals surface area contributed by atoms with Crippen molar-refractivity contribution in [2.75, 3.05) is 44.2 Å². The van der Waals surface area contributed by atoms with Gasteiger partial charge in [0.15, 0.2) is 0 Å². The molecular formula is C12H18BrClN4. The molecule has 2 heterocycles. The molecule has 1 aliphatic rings. The molecule has 2 rings (SSSR count). The molecule has 2 N–H and O–H groups in total. The van der Waals surface area contributed by atoms with E-state index in [0.717, 1.165) is 56.0 Å². The fraction of sp³-hybridized carbons (Fsp3) is 0.583. The van der Waals surface area contributed by atoms with Gasteiger partial charge in [0.05, 0.1) is 9.50 Å². The molecular weight excluding hydrogens is 316 g/mol. The summed E-state index contributed by atoms with van der Waals surface area (Å²) in [6.45, 7) is 5.99. The molecule has 1 aromatic rings. The van der Waals surface area contributed by atoms with Crippen molar-refractivity contribution in [3.8, 4) is 0 Å². The number of nitrogens with zero attached hydrogens (tertiary/aromatic N) is 3. The summed E-state index contributed by atoms with van der Waals surface area (Å²) in [5, 5.41) is 0.659. The number of nitrogens with two attached hydrogens (primary N) is 1. The van der Waals surface area contributed by atoms with Gasteiger partial charge in [0.2, 0.25) is 0 Å². The highest BCUT2D eigenvalue weighted by molar-refractivity contribution is 9.10. The van der Waals surface area contributed by atoms with Crippen LogP contribution in [0.5, 0.6) is 0 Å². The standard InChI is InChI=1S/C12H18BrClN4/c13-11-8-10(14)9-16-12(11)18-6-4-17(5-7-18)3-1-2-15/h8-9H,1-7,15H2. The van der Waals surface area contributed by atoms with Crippen LogP contribution in [0.25, 0.3) is 0 Å². The molecule has 1 saturated heterocycles. The first-order valence-corrected chi connectivity index (χ1v) is 7.36. The van der Waals surface area contributed by atoms with Crippen LogP contribution in [0.4, 0.5) is 5.82 Å². The predicted octanol–water partition coefficient (Wildman–Crippen LogP) is 1.97. The van der Waals surface area contributed by atoms with Gasteiger partial charge in [-0.25, -0.2) is 4.98 Å². The highest BCUT2D eigenvalue weighted by Crippen LogP contribution is 2.27. The smallest absolute Gasteiger partial charge is 0.143 e. The van der Waals surface area contributed by atoms with Gasteiger partial charge >= 0.3 is 0 Å². The van der Waals surface area contributed by atoms with Gasteiger partial charge in [-0.1, -0.05) is 11.6 Å². The Morgan fingerprint density at radius 3 is 2.67 bits per heavy atom. The van der Waals surface area contributed by atoms with E-state index in [0.29, 0.717) is 5.02 Å². The lowest BCUT2D eigenvalue weighted by atomic mass is 10.3. The molecule has 0 atom stereocenters. The Bertz CT molecular complexity index is 394. The Labute approximate surface area is 121 Å². The fourth-order valence-corrected chi connectivity index (χ4v) is 3.03. The van der Waals surface area contributed by atoms with E-state index < -0.39 is 0 Å². The zero-order chi connectivity index (χ0) is 13.0. The summed E-state index contributed by atoms with van der Waals surface area (Å²) in [6.07, 6.45) is 2.77. The van der Waals surface area contributed by atoms with E-state index in [1.165, 1.54) is 0 Å². The average molecular weight is 334 g/mol. The second-order valence-electron chi connectivity index (χ2n) is 4.43. The highest BCUT2D eigenvalue weighted by atomic mass is 79.9. The SMILES string of the molecule is NCCCN1CCN(c2ncc(Cl)cc2Br)CC1. The molecule has 6 heteroatoms. The number of hydrogen-bond donors (Lipinski definition) is 1. The largest absolute Gasteiger partial charge is 0.353 e. The lowest BCUT2D eigenvalue weighted by molar-refractivity contribution is 0.256. The van der Waals surface area contributed by atoms with Gasteiger partial charge in [0.1, 0.15) is 5.82 Å². The Kier molecular flexibility index (Phi) is 5.24. The Balaban J connectivity index is 1.93. The Morgan fingerprint density at radius 2 is 2.06 bits per heavy atom. The number of rotatable bonds is 4. The first-order valence-electron chi connectivity index (χ1n) is 6.19. The zero-order valence-corrected chi connectivity index (χ0v) is 12.6. The molecule has 0 saturated carbocycles. The van der Waals surface area contributed by atoms with Gasteiger partial charge < -0.3 is 10.6 Å². The van der Waals surface area contributed by atoms with Crippen LogP contribution < -0.4 is 10.6 Å². The van der Waals surface area contributed by atoms with Crippen LogP contribution in [0.15, 0.2) is 16.7 Å². The predicted molar refractivity (Wildman–Crippen MR) is 79.3 cm³/mol. The molecule has 0 aromatic carbocycles. The zero-order valence-electron chi connectivity index (χ0n) is 10.3. The van der Waals surface area contributed by atoms with Gasteiger partial charge in [-0.05, 0) is 41.5 Å². The van der Waals surface area contributed by atoms with Gasteiger partial charge in [-0.3, -0.25) is 4.90 Å². The van der Waals surface area contributed by atoms with E-state index in [4.69, 9.17) is 17.3 Å². The molecule has 0 spiro atoms. The second-order valence-corrected chi connectivity index (χ2v) is 5.72. The number of pyridine rings is 1. The number of hydrogen-bond acceptors (Lipinski definition) is 4. The summed E-state index contributed by atoms with van der Waals surface area (Å²) in [4.78, 5) is 9.14. The van der Waals surface area contributed by atoms with Crippen LogP contribution >= 0.6 is 27.5 Å². The van der Waals surface area contributed by atoms with E-state index in [-0.39, 0.29) is 0 Å². The summed E-state index contributed by atoms with van der Waals surface area (Å²) < 4.78 is 0.963. The van der Waals surface area contributed by atoms with Crippen molar-refractivity contribution >= 4 is 33.3 Å². The minimum absolute atomic E-state index is 0.659. The first-order chi connectivity index (χ1) is 8.70. The third-order valence-corrected chi connectivity index (χ3v) is 3.93. The van der Waals surface area contributed by atoms with Crippen molar-refractivity contribution in [1.82, 2.24) is 9.88 Å². The van der Waals surface area contributed by atoms with Crippen molar-refractivity contribution in [2.45, 2.75) is 6.42 Å². The van der Waals surface area contributed by atoms with E-state index in [1.807, 2.05) is 6.07 Å². The maximum absolute atomic E-state index is 5.91. The molecule has 0 radical (unpaired) electrons. The summed E-state index contributed by atoms with van der Waals surface area (Å²) in [7, 11) is 0. The molecule has 1 aliphatic heterocycles. The van der Waals surface area contributed by atoms with Crippen LogP contribution in [0.2, 0.25) is 5.02 Å². The van der Waals surface area contributed by atoms with Crippen molar-refractivity contribution < 1.29 is 0 Å². The molecule has 18 heavy (non-hydrogen) atoms. The second kappa shape index (κ2) is 6.70. The summed E-state index contributed by atoms with van der Waals surface area (Å²) >= 11 is 9.43.